The first-order valence-electron chi connectivity index (χ1n) is 4.94. The van der Waals surface area contributed by atoms with Gasteiger partial charge in [0.25, 0.3) is 0 Å². The molecular weight excluding hydrogens is 174 g/mol. The summed E-state index contributed by atoms with van der Waals surface area (Å²) in [6, 6.07) is 7.67. The van der Waals surface area contributed by atoms with E-state index in [9.17, 15) is 4.79 Å². The molecule has 14 heavy (non-hydrogen) atoms. The van der Waals surface area contributed by atoms with Crippen molar-refractivity contribution in [3.05, 3.63) is 35.4 Å². The summed E-state index contributed by atoms with van der Waals surface area (Å²) in [6.45, 7) is 4.52. The second kappa shape index (κ2) is 4.91. The van der Waals surface area contributed by atoms with Gasteiger partial charge in [0.1, 0.15) is 0 Å². The molecule has 0 aromatic heterocycles. The maximum atomic E-state index is 11.8. The van der Waals surface area contributed by atoms with E-state index in [1.54, 1.807) is 0 Å². The Hall–Kier alpha value is -1.15. The second-order valence-electron chi connectivity index (χ2n) is 3.78. The summed E-state index contributed by atoms with van der Waals surface area (Å²) in [5.41, 5.74) is 7.35. The van der Waals surface area contributed by atoms with Crippen LogP contribution in [0.3, 0.4) is 0 Å². The number of rotatable bonds is 4. The molecule has 1 aromatic carbocycles. The van der Waals surface area contributed by atoms with E-state index < -0.39 is 0 Å². The molecular formula is C12H17NO. The first kappa shape index (κ1) is 10.9. The number of carbonyl (C=O) groups is 1. The van der Waals surface area contributed by atoms with Crippen LogP contribution in [0.25, 0.3) is 0 Å². The molecule has 0 saturated carbocycles. The van der Waals surface area contributed by atoms with Gasteiger partial charge in [-0.3, -0.25) is 4.79 Å². The number of hydrogen-bond donors (Lipinski definition) is 1. The van der Waals surface area contributed by atoms with Gasteiger partial charge in [-0.25, -0.2) is 0 Å². The molecule has 2 heteroatoms. The van der Waals surface area contributed by atoms with Crippen LogP contribution in [0.5, 0.6) is 0 Å². The monoisotopic (exact) mass is 191 g/mol. The lowest BCUT2D eigenvalue weighted by Gasteiger charge is -2.08. The molecule has 2 N–H and O–H groups in total. The van der Waals surface area contributed by atoms with Crippen LogP contribution in [0, 0.1) is 12.8 Å². The Morgan fingerprint density at radius 3 is 2.64 bits per heavy atom. The molecule has 0 aliphatic rings. The molecule has 1 rings (SSSR count). The summed E-state index contributed by atoms with van der Waals surface area (Å²) in [7, 11) is 0. The highest BCUT2D eigenvalue weighted by molar-refractivity contribution is 5.97. The molecule has 0 heterocycles. The number of ketones is 1. The van der Waals surface area contributed by atoms with Crippen molar-refractivity contribution in [2.75, 3.05) is 6.54 Å². The van der Waals surface area contributed by atoms with Gasteiger partial charge in [0.15, 0.2) is 5.78 Å². The average molecular weight is 191 g/mol. The fraction of sp³-hybridized carbons (Fsp3) is 0.417. The minimum atomic E-state index is 0.195. The van der Waals surface area contributed by atoms with Crippen molar-refractivity contribution >= 4 is 5.78 Å². The lowest BCUT2D eigenvalue weighted by molar-refractivity contribution is 0.0965. The molecule has 0 aliphatic carbocycles. The standard InChI is InChI=1S/C12H17NO/c1-9(8-13)7-12(14)11-6-4-3-5-10(11)2/h3-6,9H,7-8,13H2,1-2H3. The maximum Gasteiger partial charge on any atom is 0.163 e. The topological polar surface area (TPSA) is 43.1 Å². The minimum Gasteiger partial charge on any atom is -0.330 e. The zero-order chi connectivity index (χ0) is 10.6. The Balaban J connectivity index is 2.75. The normalized spacial score (nSPS) is 12.5. The molecule has 0 radical (unpaired) electrons. The van der Waals surface area contributed by atoms with E-state index in [0.717, 1.165) is 11.1 Å². The zero-order valence-corrected chi connectivity index (χ0v) is 8.79. The van der Waals surface area contributed by atoms with Crippen molar-refractivity contribution in [2.45, 2.75) is 20.3 Å². The number of benzene rings is 1. The van der Waals surface area contributed by atoms with Crippen molar-refractivity contribution in [2.24, 2.45) is 11.7 Å². The van der Waals surface area contributed by atoms with E-state index in [1.807, 2.05) is 38.1 Å². The molecule has 76 valence electrons. The Morgan fingerprint density at radius 1 is 1.43 bits per heavy atom. The molecule has 0 aliphatic heterocycles. The van der Waals surface area contributed by atoms with E-state index >= 15 is 0 Å². The summed E-state index contributed by atoms with van der Waals surface area (Å²) in [6.07, 6.45) is 0.543. The lowest BCUT2D eigenvalue weighted by atomic mass is 9.97. The number of hydrogen-bond acceptors (Lipinski definition) is 2. The predicted octanol–water partition coefficient (Wildman–Crippen LogP) is 2.16. The van der Waals surface area contributed by atoms with E-state index in [2.05, 4.69) is 0 Å². The molecule has 2 nitrogen and oxygen atoms in total. The van der Waals surface area contributed by atoms with E-state index in [4.69, 9.17) is 5.73 Å². The number of carbonyl (C=O) groups excluding carboxylic acids is 1. The van der Waals surface area contributed by atoms with Gasteiger partial charge in [-0.15, -0.1) is 0 Å². The Bertz CT molecular complexity index is 320. The van der Waals surface area contributed by atoms with E-state index in [-0.39, 0.29) is 11.7 Å². The summed E-state index contributed by atoms with van der Waals surface area (Å²) in [5, 5.41) is 0. The van der Waals surface area contributed by atoms with Crippen molar-refractivity contribution in [1.29, 1.82) is 0 Å². The summed E-state index contributed by atoms with van der Waals surface area (Å²) < 4.78 is 0. The smallest absolute Gasteiger partial charge is 0.163 e. The molecule has 1 atom stereocenters. The molecule has 0 saturated heterocycles. The molecule has 0 amide bonds. The summed E-state index contributed by atoms with van der Waals surface area (Å²) in [4.78, 5) is 11.8. The average Bonchev–Trinajstić information content (AvgIpc) is 2.18. The Kier molecular flexibility index (Phi) is 3.84. The van der Waals surface area contributed by atoms with Crippen molar-refractivity contribution in [3.8, 4) is 0 Å². The Labute approximate surface area is 85.1 Å². The van der Waals surface area contributed by atoms with Crippen LogP contribution in [0.15, 0.2) is 24.3 Å². The third-order valence-corrected chi connectivity index (χ3v) is 2.38. The van der Waals surface area contributed by atoms with Gasteiger partial charge in [0, 0.05) is 12.0 Å². The number of nitrogens with two attached hydrogens (primary N) is 1. The third kappa shape index (κ3) is 2.67. The SMILES string of the molecule is Cc1ccccc1C(=O)CC(C)CN. The van der Waals surface area contributed by atoms with Crippen LogP contribution in [0.2, 0.25) is 0 Å². The maximum absolute atomic E-state index is 11.8. The van der Waals surface area contributed by atoms with E-state index in [0.29, 0.717) is 13.0 Å². The first-order chi connectivity index (χ1) is 6.65. The lowest BCUT2D eigenvalue weighted by Crippen LogP contribution is -2.15. The van der Waals surface area contributed by atoms with Crippen molar-refractivity contribution in [3.63, 3.8) is 0 Å². The number of aryl methyl sites for hydroxylation is 1. The molecule has 0 spiro atoms. The van der Waals surface area contributed by atoms with Gasteiger partial charge in [0.2, 0.25) is 0 Å². The highest BCUT2D eigenvalue weighted by Gasteiger charge is 2.11. The van der Waals surface area contributed by atoms with Gasteiger partial charge >= 0.3 is 0 Å². The van der Waals surface area contributed by atoms with Crippen LogP contribution in [-0.4, -0.2) is 12.3 Å². The van der Waals surface area contributed by atoms with Crippen LogP contribution >= 0.6 is 0 Å². The summed E-state index contributed by atoms with van der Waals surface area (Å²) >= 11 is 0. The van der Waals surface area contributed by atoms with Gasteiger partial charge in [-0.1, -0.05) is 31.2 Å². The fourth-order valence-electron chi connectivity index (χ4n) is 1.40. The van der Waals surface area contributed by atoms with Gasteiger partial charge in [-0.05, 0) is 24.9 Å². The van der Waals surface area contributed by atoms with Crippen molar-refractivity contribution in [1.82, 2.24) is 0 Å². The highest BCUT2D eigenvalue weighted by Crippen LogP contribution is 2.12. The minimum absolute atomic E-state index is 0.195. The van der Waals surface area contributed by atoms with Crippen LogP contribution in [0.4, 0.5) is 0 Å². The molecule has 0 bridgehead atoms. The molecule has 1 aromatic rings. The largest absolute Gasteiger partial charge is 0.330 e. The Morgan fingerprint density at radius 2 is 2.07 bits per heavy atom. The van der Waals surface area contributed by atoms with E-state index in [1.165, 1.54) is 0 Å². The summed E-state index contributed by atoms with van der Waals surface area (Å²) in [5.74, 6) is 0.461. The van der Waals surface area contributed by atoms with Crippen LogP contribution < -0.4 is 5.73 Å². The second-order valence-corrected chi connectivity index (χ2v) is 3.78. The van der Waals surface area contributed by atoms with Gasteiger partial charge < -0.3 is 5.73 Å². The quantitative estimate of drug-likeness (QED) is 0.741. The van der Waals surface area contributed by atoms with Crippen LogP contribution in [-0.2, 0) is 0 Å². The zero-order valence-electron chi connectivity index (χ0n) is 8.79. The highest BCUT2D eigenvalue weighted by atomic mass is 16.1. The van der Waals surface area contributed by atoms with Gasteiger partial charge in [0.05, 0.1) is 0 Å². The third-order valence-electron chi connectivity index (χ3n) is 2.38. The fourth-order valence-corrected chi connectivity index (χ4v) is 1.40. The molecule has 0 fully saturated rings. The van der Waals surface area contributed by atoms with Gasteiger partial charge in [-0.2, -0.15) is 0 Å². The number of Topliss-reactive ketones (excluding diaryl/α,β-unsaturated/α-hetero) is 1. The first-order valence-corrected chi connectivity index (χ1v) is 4.94. The molecule has 1 unspecified atom stereocenters. The van der Waals surface area contributed by atoms with Crippen LogP contribution in [0.1, 0.15) is 29.3 Å². The van der Waals surface area contributed by atoms with Crippen molar-refractivity contribution < 1.29 is 4.79 Å². The predicted molar refractivity (Wildman–Crippen MR) is 58.3 cm³/mol.